The van der Waals surface area contributed by atoms with Crippen molar-refractivity contribution in [2.24, 2.45) is 10.8 Å². The van der Waals surface area contributed by atoms with E-state index in [9.17, 15) is 18.0 Å². The number of anilines is 1. The van der Waals surface area contributed by atoms with Crippen LogP contribution < -0.4 is 29.7 Å². The molecule has 3 N–H and O–H groups in total. The first-order valence-electron chi connectivity index (χ1n) is 11.3. The maximum atomic E-state index is 13.6. The molecule has 0 saturated heterocycles. The number of sulfonamides is 1. The second kappa shape index (κ2) is 12.6. The van der Waals surface area contributed by atoms with E-state index in [1.807, 2.05) is 6.92 Å². The SMILES string of the molecule is COc1ccc(S(=O)(=O)N(CC(=O)N/N=C\c2ccc(OCC(N)=O)cc2)c2ccc(C)cc2)cc1OC. The fourth-order valence-electron chi connectivity index (χ4n) is 3.28. The monoisotopic (exact) mass is 540 g/mol. The summed E-state index contributed by atoms with van der Waals surface area (Å²) in [5, 5.41) is 3.91. The smallest absolute Gasteiger partial charge is 0.264 e. The number of primary amides is 1. The van der Waals surface area contributed by atoms with E-state index in [1.54, 1.807) is 48.5 Å². The molecule has 0 aliphatic rings. The Morgan fingerprint density at radius 2 is 1.63 bits per heavy atom. The van der Waals surface area contributed by atoms with Crippen LogP contribution in [0, 0.1) is 6.92 Å². The zero-order chi connectivity index (χ0) is 27.7. The second-order valence-electron chi connectivity index (χ2n) is 7.98. The summed E-state index contributed by atoms with van der Waals surface area (Å²) in [5.41, 5.74) is 9.26. The standard InChI is InChI=1S/C26H28N4O7S/c1-18-4-8-20(9-5-18)30(38(33,34)22-12-13-23(35-2)24(14-22)36-3)16-26(32)29-28-15-19-6-10-21(11-7-19)37-17-25(27)31/h4-15H,16-17H2,1-3H3,(H2,27,31)(H,29,32)/b28-15-. The molecule has 38 heavy (non-hydrogen) atoms. The Bertz CT molecular complexity index is 1410. The average molecular weight is 541 g/mol. The van der Waals surface area contributed by atoms with Crippen molar-refractivity contribution in [1.29, 1.82) is 0 Å². The molecule has 3 rings (SSSR count). The first-order chi connectivity index (χ1) is 18.1. The highest BCUT2D eigenvalue weighted by Crippen LogP contribution is 2.32. The molecule has 0 aliphatic heterocycles. The summed E-state index contributed by atoms with van der Waals surface area (Å²) in [4.78, 5) is 23.5. The molecule has 0 aromatic heterocycles. The van der Waals surface area contributed by atoms with Crippen LogP contribution in [0.3, 0.4) is 0 Å². The molecule has 0 spiro atoms. The molecule has 12 heteroatoms. The van der Waals surface area contributed by atoms with Gasteiger partial charge in [-0.3, -0.25) is 13.9 Å². The molecule has 0 heterocycles. The number of benzene rings is 3. The third kappa shape index (κ3) is 7.23. The highest BCUT2D eigenvalue weighted by atomic mass is 32.2. The summed E-state index contributed by atoms with van der Waals surface area (Å²) in [5.74, 6) is -0.206. The number of ether oxygens (including phenoxy) is 3. The van der Waals surface area contributed by atoms with Crippen LogP contribution in [0.4, 0.5) is 5.69 Å². The van der Waals surface area contributed by atoms with E-state index in [4.69, 9.17) is 19.9 Å². The fraction of sp³-hybridized carbons (Fsp3) is 0.192. The molecule has 0 atom stereocenters. The summed E-state index contributed by atoms with van der Waals surface area (Å²) in [7, 11) is -1.33. The van der Waals surface area contributed by atoms with Crippen molar-refractivity contribution in [3.8, 4) is 17.2 Å². The van der Waals surface area contributed by atoms with Crippen LogP contribution in [0.1, 0.15) is 11.1 Å². The van der Waals surface area contributed by atoms with Crippen LogP contribution in [0.5, 0.6) is 17.2 Å². The highest BCUT2D eigenvalue weighted by molar-refractivity contribution is 7.92. The number of hydrogen-bond donors (Lipinski definition) is 2. The van der Waals surface area contributed by atoms with Gasteiger partial charge in [0.05, 0.1) is 31.0 Å². The lowest BCUT2D eigenvalue weighted by Crippen LogP contribution is -2.39. The molecule has 2 amide bonds. The number of carbonyl (C=O) groups excluding carboxylic acids is 2. The average Bonchev–Trinajstić information content (AvgIpc) is 2.91. The van der Waals surface area contributed by atoms with E-state index in [1.165, 1.54) is 38.6 Å². The van der Waals surface area contributed by atoms with Gasteiger partial charge in [-0.25, -0.2) is 13.8 Å². The van der Waals surface area contributed by atoms with Gasteiger partial charge in [-0.2, -0.15) is 5.10 Å². The first kappa shape index (κ1) is 28.0. The van der Waals surface area contributed by atoms with Gasteiger partial charge in [-0.05, 0) is 61.0 Å². The maximum absolute atomic E-state index is 13.6. The first-order valence-corrected chi connectivity index (χ1v) is 12.7. The van der Waals surface area contributed by atoms with Crippen molar-refractivity contribution in [2.75, 3.05) is 31.7 Å². The lowest BCUT2D eigenvalue weighted by Gasteiger charge is -2.24. The number of carbonyl (C=O) groups is 2. The molecule has 0 saturated carbocycles. The summed E-state index contributed by atoms with van der Waals surface area (Å²) >= 11 is 0. The lowest BCUT2D eigenvalue weighted by atomic mass is 10.2. The summed E-state index contributed by atoms with van der Waals surface area (Å²) in [6.07, 6.45) is 1.38. The molecular weight excluding hydrogens is 512 g/mol. The highest BCUT2D eigenvalue weighted by Gasteiger charge is 2.28. The quantitative estimate of drug-likeness (QED) is 0.264. The van der Waals surface area contributed by atoms with E-state index >= 15 is 0 Å². The van der Waals surface area contributed by atoms with Gasteiger partial charge in [0.25, 0.3) is 21.8 Å². The van der Waals surface area contributed by atoms with Gasteiger partial charge < -0.3 is 19.9 Å². The third-order valence-corrected chi connectivity index (χ3v) is 6.99. The molecule has 0 fully saturated rings. The molecule has 3 aromatic carbocycles. The van der Waals surface area contributed by atoms with Crippen molar-refractivity contribution >= 4 is 33.7 Å². The van der Waals surface area contributed by atoms with Gasteiger partial charge in [-0.1, -0.05) is 17.7 Å². The number of aryl methyl sites for hydroxylation is 1. The minimum Gasteiger partial charge on any atom is -0.493 e. The van der Waals surface area contributed by atoms with E-state index in [0.29, 0.717) is 22.7 Å². The van der Waals surface area contributed by atoms with Crippen LogP contribution in [-0.2, 0) is 19.6 Å². The molecule has 200 valence electrons. The lowest BCUT2D eigenvalue weighted by molar-refractivity contribution is -0.120. The van der Waals surface area contributed by atoms with Crippen molar-refractivity contribution in [1.82, 2.24) is 5.43 Å². The largest absolute Gasteiger partial charge is 0.493 e. The predicted octanol–water partition coefficient (Wildman–Crippen LogP) is 2.22. The van der Waals surface area contributed by atoms with Crippen LogP contribution in [-0.4, -0.2) is 53.8 Å². The molecule has 0 radical (unpaired) electrons. The molecule has 11 nitrogen and oxygen atoms in total. The number of methoxy groups -OCH3 is 2. The molecule has 0 unspecified atom stereocenters. The minimum absolute atomic E-state index is 0.0781. The third-order valence-electron chi connectivity index (χ3n) is 5.22. The second-order valence-corrected chi connectivity index (χ2v) is 9.84. The fourth-order valence-corrected chi connectivity index (χ4v) is 4.72. The number of hydrazone groups is 1. The summed E-state index contributed by atoms with van der Waals surface area (Å²) in [6, 6.07) is 17.5. The number of rotatable bonds is 12. The molecule has 0 bridgehead atoms. The van der Waals surface area contributed by atoms with Gasteiger partial charge in [0.2, 0.25) is 0 Å². The maximum Gasteiger partial charge on any atom is 0.264 e. The Labute approximate surface area is 220 Å². The van der Waals surface area contributed by atoms with E-state index < -0.39 is 28.4 Å². The molecule has 0 aliphatic carbocycles. The normalized spacial score (nSPS) is 11.1. The number of hydrogen-bond acceptors (Lipinski definition) is 8. The van der Waals surface area contributed by atoms with Gasteiger partial charge in [0, 0.05) is 6.07 Å². The van der Waals surface area contributed by atoms with Crippen LogP contribution in [0.2, 0.25) is 0 Å². The molecule has 3 aromatic rings. The van der Waals surface area contributed by atoms with E-state index in [-0.39, 0.29) is 17.3 Å². The van der Waals surface area contributed by atoms with Crippen molar-refractivity contribution in [3.05, 3.63) is 77.9 Å². The Morgan fingerprint density at radius 3 is 2.24 bits per heavy atom. The summed E-state index contributed by atoms with van der Waals surface area (Å²) in [6.45, 7) is 1.10. The van der Waals surface area contributed by atoms with Crippen molar-refractivity contribution < 1.29 is 32.2 Å². The number of nitrogens with zero attached hydrogens (tertiary/aromatic N) is 2. The van der Waals surface area contributed by atoms with E-state index in [2.05, 4.69) is 10.5 Å². The summed E-state index contributed by atoms with van der Waals surface area (Å²) < 4.78 is 43.8. The number of nitrogens with one attached hydrogen (secondary N) is 1. The number of nitrogens with two attached hydrogens (primary N) is 1. The topological polar surface area (TPSA) is 150 Å². The van der Waals surface area contributed by atoms with Gasteiger partial charge in [0.15, 0.2) is 18.1 Å². The zero-order valence-electron chi connectivity index (χ0n) is 21.1. The molecular formula is C26H28N4O7S. The number of amides is 2. The van der Waals surface area contributed by atoms with Gasteiger partial charge in [0.1, 0.15) is 12.3 Å². The Balaban J connectivity index is 1.79. The zero-order valence-corrected chi connectivity index (χ0v) is 21.9. The van der Waals surface area contributed by atoms with Crippen molar-refractivity contribution in [3.63, 3.8) is 0 Å². The van der Waals surface area contributed by atoms with Crippen LogP contribution >= 0.6 is 0 Å². The Kier molecular flexibility index (Phi) is 9.28. The van der Waals surface area contributed by atoms with Crippen molar-refractivity contribution in [2.45, 2.75) is 11.8 Å². The van der Waals surface area contributed by atoms with Gasteiger partial charge in [-0.15, -0.1) is 0 Å². The van der Waals surface area contributed by atoms with Crippen LogP contribution in [0.25, 0.3) is 0 Å². The Morgan fingerprint density at radius 1 is 0.974 bits per heavy atom. The predicted molar refractivity (Wildman–Crippen MR) is 142 cm³/mol. The van der Waals surface area contributed by atoms with Gasteiger partial charge >= 0.3 is 0 Å². The van der Waals surface area contributed by atoms with Crippen LogP contribution in [0.15, 0.2) is 76.7 Å². The minimum atomic E-state index is -4.17. The van der Waals surface area contributed by atoms with E-state index in [0.717, 1.165) is 9.87 Å². The Hall–Kier alpha value is -4.58.